The lowest BCUT2D eigenvalue weighted by Gasteiger charge is -2.19. The van der Waals surface area contributed by atoms with Crippen molar-refractivity contribution >= 4 is 0 Å². The highest BCUT2D eigenvalue weighted by atomic mass is 16.5. The first-order chi connectivity index (χ1) is 12.1. The van der Waals surface area contributed by atoms with Crippen molar-refractivity contribution in [2.75, 3.05) is 13.7 Å². The SMILES string of the molecule is CCCCCC(CCC)CO/C(=C/OC)C1=CC=C(C(O)O)C=CC1. The first-order valence-electron chi connectivity index (χ1n) is 9.41. The van der Waals surface area contributed by atoms with Gasteiger partial charge in [-0.05, 0) is 25.2 Å². The molecule has 0 heterocycles. The van der Waals surface area contributed by atoms with Crippen molar-refractivity contribution in [1.29, 1.82) is 0 Å². The van der Waals surface area contributed by atoms with E-state index < -0.39 is 6.29 Å². The van der Waals surface area contributed by atoms with Crippen molar-refractivity contribution < 1.29 is 19.7 Å². The Balaban J connectivity index is 2.73. The Labute approximate surface area is 152 Å². The number of allylic oxidation sites excluding steroid dienone is 4. The summed E-state index contributed by atoms with van der Waals surface area (Å²) < 4.78 is 11.3. The summed E-state index contributed by atoms with van der Waals surface area (Å²) in [7, 11) is 1.61. The Hall–Kier alpha value is -1.52. The summed E-state index contributed by atoms with van der Waals surface area (Å²) in [6, 6.07) is 0. The molecular weight excluding hydrogens is 316 g/mol. The molecule has 1 aliphatic carbocycles. The fourth-order valence-electron chi connectivity index (χ4n) is 2.92. The van der Waals surface area contributed by atoms with Crippen molar-refractivity contribution in [3.05, 3.63) is 47.5 Å². The number of methoxy groups -OCH3 is 1. The number of aliphatic hydroxyl groups excluding tert-OH is 1. The molecule has 142 valence electrons. The van der Waals surface area contributed by atoms with Gasteiger partial charge in [0.2, 0.25) is 0 Å². The van der Waals surface area contributed by atoms with Crippen LogP contribution >= 0.6 is 0 Å². The molecule has 0 aromatic rings. The van der Waals surface area contributed by atoms with Crippen LogP contribution in [0, 0.1) is 5.92 Å². The van der Waals surface area contributed by atoms with E-state index in [1.54, 1.807) is 25.5 Å². The van der Waals surface area contributed by atoms with Gasteiger partial charge in [0.25, 0.3) is 0 Å². The topological polar surface area (TPSA) is 58.9 Å². The molecule has 25 heavy (non-hydrogen) atoms. The van der Waals surface area contributed by atoms with E-state index in [1.165, 1.54) is 32.1 Å². The van der Waals surface area contributed by atoms with Gasteiger partial charge in [-0.3, -0.25) is 0 Å². The molecule has 0 aliphatic heterocycles. The smallest absolute Gasteiger partial charge is 0.178 e. The molecule has 0 saturated carbocycles. The Morgan fingerprint density at radius 2 is 1.96 bits per heavy atom. The average Bonchev–Trinajstić information content (AvgIpc) is 2.85. The molecule has 2 N–H and O–H groups in total. The van der Waals surface area contributed by atoms with Crippen LogP contribution in [-0.4, -0.2) is 30.2 Å². The number of hydrogen-bond donors (Lipinski definition) is 2. The summed E-state index contributed by atoms with van der Waals surface area (Å²) in [6.07, 6.45) is 15.3. The largest absolute Gasteiger partial charge is 0.500 e. The van der Waals surface area contributed by atoms with Crippen LogP contribution in [0.2, 0.25) is 0 Å². The van der Waals surface area contributed by atoms with Crippen molar-refractivity contribution in [1.82, 2.24) is 0 Å². The first-order valence-corrected chi connectivity index (χ1v) is 9.41. The van der Waals surface area contributed by atoms with Crippen molar-refractivity contribution in [3.63, 3.8) is 0 Å². The van der Waals surface area contributed by atoms with E-state index in [1.807, 2.05) is 12.2 Å². The van der Waals surface area contributed by atoms with Crippen LogP contribution in [0.25, 0.3) is 0 Å². The first kappa shape index (κ1) is 21.5. The van der Waals surface area contributed by atoms with Gasteiger partial charge >= 0.3 is 0 Å². The van der Waals surface area contributed by atoms with Gasteiger partial charge in [0.05, 0.1) is 13.7 Å². The fourth-order valence-corrected chi connectivity index (χ4v) is 2.92. The summed E-state index contributed by atoms with van der Waals surface area (Å²) in [5.41, 5.74) is 1.44. The second kappa shape index (κ2) is 12.8. The van der Waals surface area contributed by atoms with Gasteiger partial charge in [0.1, 0.15) is 6.26 Å². The average molecular weight is 350 g/mol. The molecule has 4 heteroatoms. The Morgan fingerprint density at radius 3 is 2.60 bits per heavy atom. The van der Waals surface area contributed by atoms with Gasteiger partial charge in [-0.1, -0.05) is 63.8 Å². The predicted molar refractivity (Wildman–Crippen MR) is 102 cm³/mol. The zero-order valence-electron chi connectivity index (χ0n) is 15.9. The van der Waals surface area contributed by atoms with E-state index in [-0.39, 0.29) is 0 Å². The molecule has 0 amide bonds. The van der Waals surface area contributed by atoms with E-state index in [4.69, 9.17) is 9.47 Å². The minimum atomic E-state index is -1.46. The lowest BCUT2D eigenvalue weighted by molar-refractivity contribution is -0.00481. The number of aliphatic hydroxyl groups is 2. The Kier molecular flexibility index (Phi) is 11.0. The zero-order chi connectivity index (χ0) is 18.5. The van der Waals surface area contributed by atoms with E-state index in [0.29, 0.717) is 30.3 Å². The zero-order valence-corrected chi connectivity index (χ0v) is 15.9. The van der Waals surface area contributed by atoms with E-state index >= 15 is 0 Å². The van der Waals surface area contributed by atoms with Crippen LogP contribution < -0.4 is 0 Å². The highest BCUT2D eigenvalue weighted by Gasteiger charge is 2.14. The van der Waals surface area contributed by atoms with Crippen LogP contribution in [0.3, 0.4) is 0 Å². The van der Waals surface area contributed by atoms with Gasteiger partial charge in [-0.15, -0.1) is 0 Å². The molecule has 0 aromatic heterocycles. The van der Waals surface area contributed by atoms with Crippen LogP contribution in [-0.2, 0) is 9.47 Å². The number of ether oxygens (including phenoxy) is 2. The van der Waals surface area contributed by atoms with E-state index in [0.717, 1.165) is 12.0 Å². The number of rotatable bonds is 12. The molecule has 0 spiro atoms. The molecule has 1 rings (SSSR count). The molecule has 1 aliphatic rings. The minimum Gasteiger partial charge on any atom is -0.500 e. The van der Waals surface area contributed by atoms with Gasteiger partial charge < -0.3 is 19.7 Å². The molecule has 1 atom stereocenters. The van der Waals surface area contributed by atoms with Crippen LogP contribution in [0.15, 0.2) is 47.5 Å². The van der Waals surface area contributed by atoms with Crippen molar-refractivity contribution in [3.8, 4) is 0 Å². The molecule has 0 aromatic carbocycles. The molecule has 0 radical (unpaired) electrons. The van der Waals surface area contributed by atoms with E-state index in [2.05, 4.69) is 13.8 Å². The second-order valence-electron chi connectivity index (χ2n) is 6.52. The highest BCUT2D eigenvalue weighted by molar-refractivity contribution is 5.38. The maximum atomic E-state index is 9.30. The predicted octanol–water partition coefficient (Wildman–Crippen LogP) is 4.61. The molecule has 4 nitrogen and oxygen atoms in total. The summed E-state index contributed by atoms with van der Waals surface area (Å²) in [6.45, 7) is 5.12. The molecule has 0 saturated heterocycles. The van der Waals surface area contributed by atoms with Crippen LogP contribution in [0.5, 0.6) is 0 Å². The van der Waals surface area contributed by atoms with Gasteiger partial charge in [0, 0.05) is 11.1 Å². The maximum absolute atomic E-state index is 9.30. The van der Waals surface area contributed by atoms with Crippen molar-refractivity contribution in [2.24, 2.45) is 5.92 Å². The third-order valence-electron chi connectivity index (χ3n) is 4.35. The van der Waals surface area contributed by atoms with E-state index in [9.17, 15) is 10.2 Å². The van der Waals surface area contributed by atoms with Gasteiger partial charge in [-0.25, -0.2) is 0 Å². The molecule has 0 fully saturated rings. The highest BCUT2D eigenvalue weighted by Crippen LogP contribution is 2.24. The lowest BCUT2D eigenvalue weighted by Crippen LogP contribution is -2.11. The fraction of sp³-hybridized carbons (Fsp3) is 0.619. The Bertz CT molecular complexity index is 486. The number of hydrogen-bond acceptors (Lipinski definition) is 4. The summed E-state index contributed by atoms with van der Waals surface area (Å²) in [4.78, 5) is 0. The quantitative estimate of drug-likeness (QED) is 0.306. The standard InChI is InChI=1S/C21H34O4/c1-4-6-7-10-17(9-5-2)15-25-20(16-24-3)18-11-8-12-19(14-13-18)21(22)23/h8,12-14,16-17,21-23H,4-7,9-11,15H2,1-3H3/b20-16+. The van der Waals surface area contributed by atoms with Crippen LogP contribution in [0.4, 0.5) is 0 Å². The third-order valence-corrected chi connectivity index (χ3v) is 4.35. The lowest BCUT2D eigenvalue weighted by atomic mass is 9.97. The van der Waals surface area contributed by atoms with Gasteiger partial charge in [-0.2, -0.15) is 0 Å². The third kappa shape index (κ3) is 8.41. The van der Waals surface area contributed by atoms with Crippen LogP contribution in [0.1, 0.15) is 58.8 Å². The summed E-state index contributed by atoms with van der Waals surface area (Å²) in [5, 5.41) is 18.6. The maximum Gasteiger partial charge on any atom is 0.178 e. The molecule has 1 unspecified atom stereocenters. The minimum absolute atomic E-state index is 0.468. The molecular formula is C21H34O4. The second-order valence-corrected chi connectivity index (χ2v) is 6.52. The normalized spacial score (nSPS) is 16.3. The monoisotopic (exact) mass is 350 g/mol. The molecule has 0 bridgehead atoms. The number of unbranched alkanes of at least 4 members (excludes halogenated alkanes) is 2. The summed E-state index contributed by atoms with van der Waals surface area (Å²) in [5.74, 6) is 1.28. The van der Waals surface area contributed by atoms with Gasteiger partial charge in [0.15, 0.2) is 12.0 Å². The van der Waals surface area contributed by atoms with Crippen molar-refractivity contribution in [2.45, 2.75) is 65.1 Å². The summed E-state index contributed by atoms with van der Waals surface area (Å²) >= 11 is 0. The Morgan fingerprint density at radius 1 is 1.16 bits per heavy atom.